The van der Waals surface area contributed by atoms with E-state index < -0.39 is 12.1 Å². The van der Waals surface area contributed by atoms with Gasteiger partial charge in [0.05, 0.1) is 10.5 Å². The van der Waals surface area contributed by atoms with Crippen LogP contribution < -0.4 is 10.1 Å². The van der Waals surface area contributed by atoms with Crippen LogP contribution in [0.2, 0.25) is 5.02 Å². The summed E-state index contributed by atoms with van der Waals surface area (Å²) in [5.41, 5.74) is 1.75. The molecule has 2 N–H and O–H groups in total. The van der Waals surface area contributed by atoms with Crippen LogP contribution in [0.4, 0.5) is 4.79 Å². The van der Waals surface area contributed by atoms with Crippen molar-refractivity contribution in [2.45, 2.75) is 12.5 Å². The number of H-pyrrole nitrogens is 1. The van der Waals surface area contributed by atoms with Gasteiger partial charge in [-0.1, -0.05) is 41.9 Å². The van der Waals surface area contributed by atoms with Crippen molar-refractivity contribution >= 4 is 34.4 Å². The number of ether oxygens (including phenoxy) is 1. The molecule has 1 fully saturated rings. The Morgan fingerprint density at radius 1 is 1.08 bits per heavy atom. The lowest BCUT2D eigenvalue weighted by molar-refractivity contribution is -0.129. The number of nitrogens with zero attached hydrogens (tertiary/aromatic N) is 1. The van der Waals surface area contributed by atoms with Crippen molar-refractivity contribution in [1.82, 2.24) is 15.2 Å². The lowest BCUT2D eigenvalue weighted by Gasteiger charge is -2.14. The number of para-hydroxylation sites is 2. The van der Waals surface area contributed by atoms with Gasteiger partial charge in [-0.2, -0.15) is 0 Å². The SMILES string of the molecule is O=C1N[C@H](Cc2c[nH]c3c(Cl)cccc23)C(=O)N1COc1ccccc1. The number of rotatable bonds is 5. The van der Waals surface area contributed by atoms with Gasteiger partial charge >= 0.3 is 6.03 Å². The monoisotopic (exact) mass is 369 g/mol. The van der Waals surface area contributed by atoms with Gasteiger partial charge in [0.25, 0.3) is 5.91 Å². The summed E-state index contributed by atoms with van der Waals surface area (Å²) in [5.74, 6) is 0.296. The summed E-state index contributed by atoms with van der Waals surface area (Å²) in [4.78, 5) is 28.9. The van der Waals surface area contributed by atoms with Crippen LogP contribution in [0.25, 0.3) is 10.9 Å². The second-order valence-electron chi connectivity index (χ2n) is 6.04. The lowest BCUT2D eigenvalue weighted by Crippen LogP contribution is -2.35. The van der Waals surface area contributed by atoms with Crippen LogP contribution in [0.15, 0.2) is 54.7 Å². The van der Waals surface area contributed by atoms with E-state index in [2.05, 4.69) is 10.3 Å². The molecule has 0 unspecified atom stereocenters. The molecule has 1 aromatic heterocycles. The molecule has 0 radical (unpaired) electrons. The van der Waals surface area contributed by atoms with E-state index in [0.29, 0.717) is 17.2 Å². The number of urea groups is 1. The minimum absolute atomic E-state index is 0.120. The summed E-state index contributed by atoms with van der Waals surface area (Å²) in [5, 5.41) is 4.28. The van der Waals surface area contributed by atoms with E-state index >= 15 is 0 Å². The van der Waals surface area contributed by atoms with Crippen LogP contribution in [-0.4, -0.2) is 34.6 Å². The highest BCUT2D eigenvalue weighted by Gasteiger charge is 2.38. The van der Waals surface area contributed by atoms with Crippen LogP contribution in [0, 0.1) is 0 Å². The first-order valence-electron chi connectivity index (χ1n) is 8.17. The molecule has 1 saturated heterocycles. The quantitative estimate of drug-likeness (QED) is 0.677. The Morgan fingerprint density at radius 2 is 1.88 bits per heavy atom. The van der Waals surface area contributed by atoms with Crippen LogP contribution in [-0.2, 0) is 11.2 Å². The van der Waals surface area contributed by atoms with Gasteiger partial charge in [-0.25, -0.2) is 9.69 Å². The molecule has 1 aliphatic rings. The number of benzene rings is 2. The standard InChI is InChI=1S/C19H16ClN3O3/c20-15-8-4-7-14-12(10-21-17(14)15)9-16-18(24)23(19(25)22-16)11-26-13-5-2-1-3-6-13/h1-8,10,16,21H,9,11H2,(H,22,25)/t16-/m1/s1. The van der Waals surface area contributed by atoms with Gasteiger partial charge in [0.15, 0.2) is 6.73 Å². The second-order valence-corrected chi connectivity index (χ2v) is 6.44. The number of amides is 3. The molecule has 26 heavy (non-hydrogen) atoms. The molecule has 0 bridgehead atoms. The zero-order valence-corrected chi connectivity index (χ0v) is 14.5. The summed E-state index contributed by atoms with van der Waals surface area (Å²) < 4.78 is 5.52. The first-order chi connectivity index (χ1) is 12.6. The fourth-order valence-corrected chi connectivity index (χ4v) is 3.29. The predicted octanol–water partition coefficient (Wildman–Crippen LogP) is 3.32. The number of hydrogen-bond acceptors (Lipinski definition) is 3. The van der Waals surface area contributed by atoms with Crippen LogP contribution in [0.5, 0.6) is 5.75 Å². The summed E-state index contributed by atoms with van der Waals surface area (Å²) >= 11 is 6.17. The molecule has 1 aliphatic heterocycles. The topological polar surface area (TPSA) is 74.4 Å². The number of aromatic nitrogens is 1. The van der Waals surface area contributed by atoms with Gasteiger partial charge in [0.2, 0.25) is 0 Å². The van der Waals surface area contributed by atoms with E-state index in [9.17, 15) is 9.59 Å². The average Bonchev–Trinajstić information content (AvgIpc) is 3.17. The Labute approximate surface area is 154 Å². The van der Waals surface area contributed by atoms with E-state index in [0.717, 1.165) is 21.4 Å². The molecule has 132 valence electrons. The third-order valence-electron chi connectivity index (χ3n) is 4.38. The van der Waals surface area contributed by atoms with E-state index in [1.54, 1.807) is 18.2 Å². The lowest BCUT2D eigenvalue weighted by atomic mass is 10.1. The van der Waals surface area contributed by atoms with Crippen LogP contribution >= 0.6 is 11.6 Å². The number of aromatic amines is 1. The van der Waals surface area contributed by atoms with Crippen molar-refractivity contribution < 1.29 is 14.3 Å². The minimum atomic E-state index is -0.625. The van der Waals surface area contributed by atoms with E-state index in [-0.39, 0.29) is 12.6 Å². The molecular formula is C19H16ClN3O3. The number of imide groups is 1. The van der Waals surface area contributed by atoms with Crippen molar-refractivity contribution in [3.05, 3.63) is 65.3 Å². The van der Waals surface area contributed by atoms with E-state index in [1.807, 2.05) is 36.5 Å². The third kappa shape index (κ3) is 2.99. The number of halogens is 1. The first kappa shape index (κ1) is 16.5. The highest BCUT2D eigenvalue weighted by molar-refractivity contribution is 6.35. The Bertz CT molecular complexity index is 971. The molecule has 3 amide bonds. The van der Waals surface area contributed by atoms with E-state index in [1.165, 1.54) is 0 Å². The fraction of sp³-hybridized carbons (Fsp3) is 0.158. The van der Waals surface area contributed by atoms with Gasteiger partial charge in [0, 0.05) is 18.0 Å². The Kier molecular flexibility index (Phi) is 4.26. The van der Waals surface area contributed by atoms with Crippen LogP contribution in [0.3, 0.4) is 0 Å². The molecule has 7 heteroatoms. The molecule has 0 saturated carbocycles. The van der Waals surface area contributed by atoms with Crippen molar-refractivity contribution in [2.75, 3.05) is 6.73 Å². The average molecular weight is 370 g/mol. The molecular weight excluding hydrogens is 354 g/mol. The Morgan fingerprint density at radius 3 is 2.69 bits per heavy atom. The van der Waals surface area contributed by atoms with E-state index in [4.69, 9.17) is 16.3 Å². The smallest absolute Gasteiger partial charge is 0.327 e. The number of hydrogen-bond donors (Lipinski definition) is 2. The Balaban J connectivity index is 1.47. The van der Waals surface area contributed by atoms with Crippen molar-refractivity contribution in [2.24, 2.45) is 0 Å². The minimum Gasteiger partial charge on any atom is -0.472 e. The summed E-state index contributed by atoms with van der Waals surface area (Å²) in [6.45, 7) is -0.120. The van der Waals surface area contributed by atoms with Crippen LogP contribution in [0.1, 0.15) is 5.56 Å². The second kappa shape index (κ2) is 6.72. The molecule has 4 rings (SSSR count). The van der Waals surface area contributed by atoms with Crippen molar-refractivity contribution in [3.63, 3.8) is 0 Å². The van der Waals surface area contributed by atoms with Gasteiger partial charge in [0.1, 0.15) is 11.8 Å². The van der Waals surface area contributed by atoms with Gasteiger partial charge in [-0.15, -0.1) is 0 Å². The summed E-state index contributed by atoms with van der Waals surface area (Å²) in [6.07, 6.45) is 2.20. The number of carbonyl (C=O) groups excluding carboxylic acids is 2. The predicted molar refractivity (Wildman–Crippen MR) is 98.1 cm³/mol. The summed E-state index contributed by atoms with van der Waals surface area (Å²) in [6, 6.07) is 13.6. The number of carbonyl (C=O) groups is 2. The van der Waals surface area contributed by atoms with Crippen molar-refractivity contribution in [3.8, 4) is 5.75 Å². The zero-order valence-electron chi connectivity index (χ0n) is 13.7. The maximum Gasteiger partial charge on any atom is 0.327 e. The zero-order chi connectivity index (χ0) is 18.1. The highest BCUT2D eigenvalue weighted by atomic mass is 35.5. The molecule has 3 aromatic rings. The number of fused-ring (bicyclic) bond motifs is 1. The molecule has 0 aliphatic carbocycles. The van der Waals surface area contributed by atoms with Gasteiger partial charge in [-0.3, -0.25) is 4.79 Å². The maximum absolute atomic E-state index is 12.6. The summed E-state index contributed by atoms with van der Waals surface area (Å²) in [7, 11) is 0. The maximum atomic E-state index is 12.6. The van der Waals surface area contributed by atoms with Crippen molar-refractivity contribution in [1.29, 1.82) is 0 Å². The molecule has 1 atom stereocenters. The fourth-order valence-electron chi connectivity index (χ4n) is 3.06. The van der Waals surface area contributed by atoms with Gasteiger partial charge < -0.3 is 15.0 Å². The normalized spacial score (nSPS) is 17.0. The van der Waals surface area contributed by atoms with Gasteiger partial charge in [-0.05, 0) is 23.8 Å². The largest absolute Gasteiger partial charge is 0.472 e. The number of nitrogens with one attached hydrogen (secondary N) is 2. The molecule has 2 aromatic carbocycles. The Hall–Kier alpha value is -2.99. The highest BCUT2D eigenvalue weighted by Crippen LogP contribution is 2.26. The molecule has 0 spiro atoms. The third-order valence-corrected chi connectivity index (χ3v) is 4.70. The first-order valence-corrected chi connectivity index (χ1v) is 8.55. The molecule has 6 nitrogen and oxygen atoms in total. The molecule has 2 heterocycles.